The molecule has 1 fully saturated rings. The molecular weight excluding hydrogens is 508 g/mol. The topological polar surface area (TPSA) is 165 Å². The van der Waals surface area contributed by atoms with Crippen molar-refractivity contribution >= 4 is 27.5 Å². The predicted octanol–water partition coefficient (Wildman–Crippen LogP) is 1.73. The Kier molecular flexibility index (Phi) is 9.97. The second kappa shape index (κ2) is 13.0. The number of amides is 2. The monoisotopic (exact) mass is 544 g/mol. The Bertz CT molecular complexity index is 1240. The lowest BCUT2D eigenvalue weighted by Crippen LogP contribution is -2.46. The van der Waals surface area contributed by atoms with E-state index in [2.05, 4.69) is 37.8 Å². The number of anilines is 1. The number of hydrogen-bond acceptors (Lipinski definition) is 9. The van der Waals surface area contributed by atoms with Crippen LogP contribution in [0.3, 0.4) is 0 Å². The Hall–Kier alpha value is -3.32. The van der Waals surface area contributed by atoms with E-state index in [9.17, 15) is 18.3 Å². The minimum absolute atomic E-state index is 0.113. The van der Waals surface area contributed by atoms with Crippen molar-refractivity contribution in [1.82, 2.24) is 20.9 Å². The number of rotatable bonds is 13. The van der Waals surface area contributed by atoms with Crippen LogP contribution in [0.5, 0.6) is 0 Å². The first kappa shape index (κ1) is 29.2. The van der Waals surface area contributed by atoms with E-state index < -0.39 is 26.8 Å². The summed E-state index contributed by atoms with van der Waals surface area (Å²) in [6.45, 7) is 7.08. The number of urea groups is 1. The summed E-state index contributed by atoms with van der Waals surface area (Å²) in [5.74, 6) is 0.711. The molecule has 2 amide bonds. The van der Waals surface area contributed by atoms with Gasteiger partial charge < -0.3 is 20.8 Å². The normalized spacial score (nSPS) is 19.9. The Morgan fingerprint density at radius 3 is 2.68 bits per heavy atom. The zero-order valence-electron chi connectivity index (χ0n) is 21.6. The third-order valence-corrected chi connectivity index (χ3v) is 8.80. The van der Waals surface area contributed by atoms with E-state index >= 15 is 0 Å². The average Bonchev–Trinajstić information content (AvgIpc) is 3.71. The zero-order valence-corrected chi connectivity index (χ0v) is 22.5. The molecule has 1 aliphatic carbocycles. The maximum absolute atomic E-state index is 13.2. The SMILES string of the molecule is C=C/C(=C\C=C(/C)NC(=O)Nc1ccccn1)C1=N[C@H](N[C@@H](C)CO)C=C(C2(S(=O)(=O)CCCO)CC2)N1. The van der Waals surface area contributed by atoms with E-state index in [1.165, 1.54) is 0 Å². The van der Waals surface area contributed by atoms with Crippen LogP contribution in [0.1, 0.15) is 33.1 Å². The fourth-order valence-electron chi connectivity index (χ4n) is 3.95. The van der Waals surface area contributed by atoms with Crippen molar-refractivity contribution in [1.29, 1.82) is 0 Å². The van der Waals surface area contributed by atoms with Crippen molar-refractivity contribution in [2.75, 3.05) is 24.3 Å². The van der Waals surface area contributed by atoms with E-state index in [1.807, 2.05) is 0 Å². The number of hydrogen-bond donors (Lipinski definition) is 6. The van der Waals surface area contributed by atoms with Gasteiger partial charge in [0.05, 0.1) is 12.4 Å². The number of carbonyl (C=O) groups is 1. The molecule has 3 rings (SSSR count). The summed E-state index contributed by atoms with van der Waals surface area (Å²) < 4.78 is 25.3. The number of aliphatic hydroxyl groups excluding tert-OH is 2. The molecule has 0 radical (unpaired) electrons. The molecule has 0 saturated heterocycles. The summed E-state index contributed by atoms with van der Waals surface area (Å²) in [4.78, 5) is 21.0. The van der Waals surface area contributed by atoms with Crippen molar-refractivity contribution in [2.45, 2.75) is 50.1 Å². The van der Waals surface area contributed by atoms with E-state index in [0.717, 1.165) is 0 Å². The highest BCUT2D eigenvalue weighted by atomic mass is 32.2. The lowest BCUT2D eigenvalue weighted by atomic mass is 10.1. The molecule has 2 heterocycles. The first-order valence-corrected chi connectivity index (χ1v) is 14.1. The minimum Gasteiger partial charge on any atom is -0.396 e. The van der Waals surface area contributed by atoms with Crippen molar-refractivity contribution < 1.29 is 23.4 Å². The average molecular weight is 545 g/mol. The molecule has 0 spiro atoms. The number of nitrogens with one attached hydrogen (secondary N) is 4. The van der Waals surface area contributed by atoms with Gasteiger partial charge in [0.25, 0.3) is 0 Å². The Balaban J connectivity index is 1.82. The van der Waals surface area contributed by atoms with Crippen LogP contribution in [0.4, 0.5) is 10.6 Å². The quantitative estimate of drug-likeness (QED) is 0.204. The van der Waals surface area contributed by atoms with E-state index in [4.69, 9.17) is 5.11 Å². The van der Waals surface area contributed by atoms with E-state index in [1.54, 1.807) is 62.5 Å². The van der Waals surface area contributed by atoms with E-state index in [-0.39, 0.29) is 31.4 Å². The van der Waals surface area contributed by atoms with Crippen molar-refractivity contribution in [2.24, 2.45) is 4.99 Å². The van der Waals surface area contributed by atoms with Gasteiger partial charge in [-0.2, -0.15) is 0 Å². The van der Waals surface area contributed by atoms with Gasteiger partial charge >= 0.3 is 6.03 Å². The summed E-state index contributed by atoms with van der Waals surface area (Å²) in [5, 5.41) is 30.4. The number of sulfone groups is 1. The third kappa shape index (κ3) is 7.38. The lowest BCUT2D eigenvalue weighted by Gasteiger charge is -2.29. The molecule has 6 N–H and O–H groups in total. The number of pyridine rings is 1. The van der Waals surface area contributed by atoms with Crippen molar-refractivity contribution in [3.05, 3.63) is 72.2 Å². The van der Waals surface area contributed by atoms with Gasteiger partial charge in [-0.3, -0.25) is 10.6 Å². The first-order chi connectivity index (χ1) is 18.1. The number of amidine groups is 1. The van der Waals surface area contributed by atoms with Crippen LogP contribution in [0.2, 0.25) is 0 Å². The van der Waals surface area contributed by atoms with Gasteiger partial charge in [-0.25, -0.2) is 23.2 Å². The second-order valence-electron chi connectivity index (χ2n) is 9.24. The number of nitrogens with zero attached hydrogens (tertiary/aromatic N) is 2. The molecule has 1 aromatic rings. The van der Waals surface area contributed by atoms with Gasteiger partial charge in [-0.05, 0) is 63.5 Å². The molecule has 1 saturated carbocycles. The van der Waals surface area contributed by atoms with Crippen LogP contribution in [0.25, 0.3) is 0 Å². The molecule has 0 bridgehead atoms. The highest BCUT2D eigenvalue weighted by Gasteiger charge is 2.57. The maximum atomic E-state index is 13.2. The highest BCUT2D eigenvalue weighted by molar-refractivity contribution is 7.93. The summed E-state index contributed by atoms with van der Waals surface area (Å²) in [5.41, 5.74) is 1.64. The molecular formula is C26H36N6O5S. The minimum atomic E-state index is -3.53. The standard InChI is InChI=1S/C26H36N6O5S/c1-4-20(10-9-18(2)29-25(35)32-22-8-5-6-13-27-22)24-30-21(16-23(31-24)28-19(3)17-34)26(11-12-26)38(36,37)15-7-14-33/h4-6,8-10,13,16,19,23,28,33-34H,1,7,11-12,14-15,17H2,2-3H3,(H,30,31)(H2,27,29,32,35)/b18-9+,20-10+/t19-,23-/m0/s1. The summed E-state index contributed by atoms with van der Waals surface area (Å²) in [7, 11) is -3.53. The van der Waals surface area contributed by atoms with Crippen molar-refractivity contribution in [3.63, 3.8) is 0 Å². The van der Waals surface area contributed by atoms with E-state index in [0.29, 0.717) is 41.5 Å². The molecule has 11 nitrogen and oxygen atoms in total. The van der Waals surface area contributed by atoms with Gasteiger partial charge in [-0.15, -0.1) is 0 Å². The molecule has 12 heteroatoms. The maximum Gasteiger partial charge on any atom is 0.324 e. The van der Waals surface area contributed by atoms with Gasteiger partial charge in [0, 0.05) is 35.8 Å². The molecule has 2 atom stereocenters. The number of aromatic nitrogens is 1. The van der Waals surface area contributed by atoms with Crippen LogP contribution in [0.15, 0.2) is 77.2 Å². The zero-order chi connectivity index (χ0) is 27.8. The summed E-state index contributed by atoms with van der Waals surface area (Å²) in [6.07, 6.45) is 8.82. The summed E-state index contributed by atoms with van der Waals surface area (Å²) in [6, 6.07) is 4.46. The number of aliphatic hydroxyl groups is 2. The molecule has 206 valence electrons. The molecule has 0 aromatic carbocycles. The second-order valence-corrected chi connectivity index (χ2v) is 11.7. The Morgan fingerprint density at radius 2 is 2.08 bits per heavy atom. The van der Waals surface area contributed by atoms with Gasteiger partial charge in [0.1, 0.15) is 22.6 Å². The van der Waals surface area contributed by atoms with Gasteiger partial charge in [-0.1, -0.05) is 18.7 Å². The molecule has 1 aromatic heterocycles. The van der Waals surface area contributed by atoms with Crippen LogP contribution in [-0.4, -0.2) is 71.4 Å². The molecule has 38 heavy (non-hydrogen) atoms. The summed E-state index contributed by atoms with van der Waals surface area (Å²) >= 11 is 0. The third-order valence-electron chi connectivity index (χ3n) is 6.16. The van der Waals surface area contributed by atoms with Gasteiger partial charge in [0.15, 0.2) is 9.84 Å². The number of allylic oxidation sites excluding steroid dienone is 3. The lowest BCUT2D eigenvalue weighted by molar-refractivity contribution is 0.246. The molecule has 0 unspecified atom stereocenters. The smallest absolute Gasteiger partial charge is 0.324 e. The fraction of sp³-hybridized carbons (Fsp3) is 0.423. The Morgan fingerprint density at radius 1 is 1.32 bits per heavy atom. The fourth-order valence-corrected chi connectivity index (χ4v) is 6.03. The first-order valence-electron chi connectivity index (χ1n) is 12.4. The predicted molar refractivity (Wildman–Crippen MR) is 148 cm³/mol. The van der Waals surface area contributed by atoms with Gasteiger partial charge in [0.2, 0.25) is 0 Å². The molecule has 1 aliphatic heterocycles. The van der Waals surface area contributed by atoms with Crippen molar-refractivity contribution in [3.8, 4) is 0 Å². The van der Waals surface area contributed by atoms with Crippen LogP contribution >= 0.6 is 0 Å². The number of aliphatic imine (C=N–C) groups is 1. The number of carbonyl (C=O) groups excluding carboxylic acids is 1. The van der Waals surface area contributed by atoms with Crippen LogP contribution in [-0.2, 0) is 9.84 Å². The highest BCUT2D eigenvalue weighted by Crippen LogP contribution is 2.49. The van der Waals surface area contributed by atoms with Crippen LogP contribution < -0.4 is 21.3 Å². The largest absolute Gasteiger partial charge is 0.396 e. The van der Waals surface area contributed by atoms with Crippen LogP contribution in [0, 0.1) is 0 Å². The molecule has 2 aliphatic rings. The Labute approximate surface area is 223 Å².